The number of aliphatic hydroxyl groups excluding tert-OH is 1. The Morgan fingerprint density at radius 2 is 1.82 bits per heavy atom. The third-order valence-corrected chi connectivity index (χ3v) is 5.65. The maximum atomic E-state index is 12.3. The molecule has 0 aliphatic carbocycles. The van der Waals surface area contributed by atoms with E-state index < -0.39 is 6.10 Å². The van der Waals surface area contributed by atoms with Crippen molar-refractivity contribution in [2.24, 2.45) is 0 Å². The van der Waals surface area contributed by atoms with Crippen molar-refractivity contribution >= 4 is 40.1 Å². The van der Waals surface area contributed by atoms with E-state index >= 15 is 0 Å². The normalized spacial score (nSPS) is 12.0. The third-order valence-electron chi connectivity index (χ3n) is 5.12. The highest BCUT2D eigenvalue weighted by Gasteiger charge is 2.16. The molecule has 2 N–H and O–H groups in total. The van der Waals surface area contributed by atoms with Gasteiger partial charge in [0.1, 0.15) is 24.3 Å². The summed E-state index contributed by atoms with van der Waals surface area (Å²) in [6.07, 6.45) is -0.281. The first-order valence-corrected chi connectivity index (χ1v) is 11.3. The third kappa shape index (κ3) is 5.85. The Hall–Kier alpha value is -3.06. The van der Waals surface area contributed by atoms with Crippen LogP contribution in [0.1, 0.15) is 16.2 Å². The van der Waals surface area contributed by atoms with Gasteiger partial charge in [-0.2, -0.15) is 0 Å². The minimum Gasteiger partial charge on any atom is -0.489 e. The maximum Gasteiger partial charge on any atom is 0.251 e. The van der Waals surface area contributed by atoms with Crippen LogP contribution in [0.4, 0.5) is 0 Å². The molecule has 6 nitrogen and oxygen atoms in total. The fourth-order valence-electron chi connectivity index (χ4n) is 3.54. The van der Waals surface area contributed by atoms with Crippen molar-refractivity contribution in [1.82, 2.24) is 14.9 Å². The van der Waals surface area contributed by atoms with Crippen LogP contribution < -0.4 is 10.1 Å². The van der Waals surface area contributed by atoms with E-state index in [0.717, 1.165) is 16.9 Å². The topological polar surface area (TPSA) is 76.4 Å². The van der Waals surface area contributed by atoms with Gasteiger partial charge in [-0.1, -0.05) is 53.5 Å². The molecule has 3 aromatic carbocycles. The van der Waals surface area contributed by atoms with E-state index in [1.165, 1.54) is 0 Å². The second kappa shape index (κ2) is 10.7. The molecule has 1 atom stereocenters. The summed E-state index contributed by atoms with van der Waals surface area (Å²) >= 11 is 12.1. The number of para-hydroxylation sites is 2. The number of carbonyl (C=O) groups excluding carboxylic acids is 1. The van der Waals surface area contributed by atoms with Gasteiger partial charge in [-0.25, -0.2) is 4.98 Å². The lowest BCUT2D eigenvalue weighted by Gasteiger charge is -2.16. The number of imidazole rings is 1. The van der Waals surface area contributed by atoms with Crippen molar-refractivity contribution < 1.29 is 14.6 Å². The minimum atomic E-state index is -0.799. The Morgan fingerprint density at radius 3 is 2.61 bits per heavy atom. The highest BCUT2D eigenvalue weighted by Crippen LogP contribution is 2.27. The average Bonchev–Trinajstić information content (AvgIpc) is 3.16. The second-order valence-electron chi connectivity index (χ2n) is 7.54. The number of carbonyl (C=O) groups is 1. The highest BCUT2D eigenvalue weighted by molar-refractivity contribution is 6.35. The molecule has 33 heavy (non-hydrogen) atoms. The van der Waals surface area contributed by atoms with E-state index in [4.69, 9.17) is 32.9 Å². The lowest BCUT2D eigenvalue weighted by atomic mass is 10.2. The lowest BCUT2D eigenvalue weighted by Crippen LogP contribution is -2.28. The Balaban J connectivity index is 1.42. The summed E-state index contributed by atoms with van der Waals surface area (Å²) in [5, 5.41) is 14.5. The molecule has 8 heteroatoms. The van der Waals surface area contributed by atoms with Crippen LogP contribution in [0.5, 0.6) is 5.75 Å². The zero-order chi connectivity index (χ0) is 23.2. The van der Waals surface area contributed by atoms with Crippen molar-refractivity contribution in [2.75, 3.05) is 13.2 Å². The van der Waals surface area contributed by atoms with Gasteiger partial charge in [0.15, 0.2) is 0 Å². The van der Waals surface area contributed by atoms with E-state index in [9.17, 15) is 9.90 Å². The Bertz CT molecular complexity index is 1240. The number of amides is 1. The molecule has 0 unspecified atom stereocenters. The number of aromatic nitrogens is 2. The number of hydrogen-bond acceptors (Lipinski definition) is 4. The summed E-state index contributed by atoms with van der Waals surface area (Å²) in [5.74, 6) is 1.10. The average molecular weight is 484 g/mol. The maximum absolute atomic E-state index is 12.3. The van der Waals surface area contributed by atoms with E-state index in [0.29, 0.717) is 34.3 Å². The van der Waals surface area contributed by atoms with Gasteiger partial charge in [0, 0.05) is 23.6 Å². The zero-order valence-corrected chi connectivity index (χ0v) is 19.3. The number of hydrogen-bond donors (Lipinski definition) is 2. The van der Waals surface area contributed by atoms with Crippen LogP contribution >= 0.6 is 23.2 Å². The van der Waals surface area contributed by atoms with Gasteiger partial charge in [-0.3, -0.25) is 4.79 Å². The molecule has 0 bridgehead atoms. The van der Waals surface area contributed by atoms with Gasteiger partial charge >= 0.3 is 0 Å². The summed E-state index contributed by atoms with van der Waals surface area (Å²) < 4.78 is 7.64. The molecule has 1 amide bonds. The van der Waals surface area contributed by atoms with Gasteiger partial charge in [0.25, 0.3) is 5.91 Å². The van der Waals surface area contributed by atoms with E-state index in [1.807, 2.05) is 47.0 Å². The number of ether oxygens (including phenoxy) is 1. The van der Waals surface area contributed by atoms with E-state index in [-0.39, 0.29) is 19.1 Å². The van der Waals surface area contributed by atoms with Crippen LogP contribution in [0.2, 0.25) is 10.0 Å². The molecule has 170 valence electrons. The summed E-state index contributed by atoms with van der Waals surface area (Å²) in [6.45, 7) is 0.760. The number of benzene rings is 3. The molecule has 1 aromatic heterocycles. The van der Waals surface area contributed by atoms with Crippen molar-refractivity contribution in [3.63, 3.8) is 0 Å². The quantitative estimate of drug-likeness (QED) is 0.360. The number of nitrogens with zero attached hydrogens (tertiary/aromatic N) is 2. The fraction of sp³-hybridized carbons (Fsp3) is 0.200. The van der Waals surface area contributed by atoms with Gasteiger partial charge in [0.05, 0.1) is 22.6 Å². The zero-order valence-electron chi connectivity index (χ0n) is 17.7. The van der Waals surface area contributed by atoms with Crippen LogP contribution in [0.15, 0.2) is 72.8 Å². The number of nitrogens with one attached hydrogen (secondary N) is 1. The molecule has 0 radical (unpaired) electrons. The van der Waals surface area contributed by atoms with Gasteiger partial charge in [-0.05, 0) is 42.5 Å². The highest BCUT2D eigenvalue weighted by atomic mass is 35.5. The van der Waals surface area contributed by atoms with Crippen LogP contribution in [0.3, 0.4) is 0 Å². The number of aliphatic hydroxyl groups is 1. The standard InChI is InChI=1S/C25H23Cl2N3O3/c26-18-10-11-23(20(27)14-18)33-16-19(31)15-30-22-9-5-4-8-21(22)29-24(30)12-13-28-25(32)17-6-2-1-3-7-17/h1-11,14,19,31H,12-13,15-16H2,(H,28,32)/t19-/m0/s1. The summed E-state index contributed by atoms with van der Waals surface area (Å²) in [5.41, 5.74) is 2.35. The molecule has 0 spiro atoms. The Kier molecular flexibility index (Phi) is 7.50. The summed E-state index contributed by atoms with van der Waals surface area (Å²) in [4.78, 5) is 17.0. The molecular weight excluding hydrogens is 461 g/mol. The van der Waals surface area contributed by atoms with Gasteiger partial charge in [-0.15, -0.1) is 0 Å². The second-order valence-corrected chi connectivity index (χ2v) is 8.38. The van der Waals surface area contributed by atoms with Crippen molar-refractivity contribution in [2.45, 2.75) is 19.1 Å². The monoisotopic (exact) mass is 483 g/mol. The summed E-state index contributed by atoms with van der Waals surface area (Å²) in [7, 11) is 0. The van der Waals surface area contributed by atoms with Crippen molar-refractivity contribution in [3.8, 4) is 5.75 Å². The SMILES string of the molecule is O=C(NCCc1nc2ccccc2n1C[C@H](O)COc1ccc(Cl)cc1Cl)c1ccccc1. The first-order valence-electron chi connectivity index (χ1n) is 10.5. The van der Waals surface area contributed by atoms with Crippen LogP contribution in [0.25, 0.3) is 11.0 Å². The van der Waals surface area contributed by atoms with Crippen LogP contribution in [-0.4, -0.2) is 39.8 Å². The predicted molar refractivity (Wildman–Crippen MR) is 130 cm³/mol. The molecule has 0 aliphatic rings. The lowest BCUT2D eigenvalue weighted by molar-refractivity contribution is 0.0923. The number of rotatable bonds is 9. The summed E-state index contributed by atoms with van der Waals surface area (Å²) in [6, 6.07) is 21.7. The first-order chi connectivity index (χ1) is 16.0. The fourth-order valence-corrected chi connectivity index (χ4v) is 4.00. The Labute approximate surface area is 201 Å². The van der Waals surface area contributed by atoms with Gasteiger partial charge < -0.3 is 19.7 Å². The smallest absolute Gasteiger partial charge is 0.251 e. The number of halogens is 2. The molecule has 1 heterocycles. The molecule has 0 saturated carbocycles. The molecule has 4 rings (SSSR count). The molecule has 0 saturated heterocycles. The van der Waals surface area contributed by atoms with E-state index in [1.54, 1.807) is 30.3 Å². The molecule has 0 fully saturated rings. The van der Waals surface area contributed by atoms with E-state index in [2.05, 4.69) is 5.32 Å². The van der Waals surface area contributed by atoms with Gasteiger partial charge in [0.2, 0.25) is 0 Å². The minimum absolute atomic E-state index is 0.0536. The predicted octanol–water partition coefficient (Wildman–Crippen LogP) is 4.76. The number of fused-ring (bicyclic) bond motifs is 1. The molecular formula is C25H23Cl2N3O3. The first kappa shape index (κ1) is 23.1. The van der Waals surface area contributed by atoms with Crippen LogP contribution in [-0.2, 0) is 13.0 Å². The largest absolute Gasteiger partial charge is 0.489 e. The van der Waals surface area contributed by atoms with Crippen LogP contribution in [0, 0.1) is 0 Å². The Morgan fingerprint density at radius 1 is 1.06 bits per heavy atom. The molecule has 4 aromatic rings. The molecule has 0 aliphatic heterocycles. The van der Waals surface area contributed by atoms with Crippen molar-refractivity contribution in [3.05, 3.63) is 94.2 Å². The van der Waals surface area contributed by atoms with Crippen molar-refractivity contribution in [1.29, 1.82) is 0 Å².